The van der Waals surface area contributed by atoms with Crippen LogP contribution in [-0.4, -0.2) is 70.6 Å². The number of hydrogen-bond donors (Lipinski definition) is 2. The number of hydrogen-bond acceptors (Lipinski definition) is 4. The summed E-state index contributed by atoms with van der Waals surface area (Å²) in [6.45, 7) is 4.64. The molecule has 1 saturated heterocycles. The first-order valence-corrected chi connectivity index (χ1v) is 11.6. The van der Waals surface area contributed by atoms with Crippen LogP contribution < -0.4 is 0 Å². The van der Waals surface area contributed by atoms with Crippen molar-refractivity contribution in [2.24, 2.45) is 0 Å². The largest absolute Gasteiger partial charge is 0.473 e. The Balaban J connectivity index is 0.000000509. The van der Waals surface area contributed by atoms with Gasteiger partial charge in [-0.05, 0) is 48.2 Å². The molecule has 0 radical (unpaired) electrons. The molecular formula is C28H30N2O5. The molecule has 0 aromatic heterocycles. The van der Waals surface area contributed by atoms with Gasteiger partial charge < -0.3 is 15.1 Å². The normalized spacial score (nSPS) is 13.4. The molecule has 1 amide bonds. The monoisotopic (exact) mass is 474 g/mol. The van der Waals surface area contributed by atoms with Crippen molar-refractivity contribution in [3.63, 3.8) is 0 Å². The van der Waals surface area contributed by atoms with E-state index >= 15 is 0 Å². The average molecular weight is 475 g/mol. The molecule has 4 rings (SSSR count). The van der Waals surface area contributed by atoms with Crippen LogP contribution in [-0.2, 0) is 16.0 Å². The van der Waals surface area contributed by atoms with Crippen molar-refractivity contribution in [3.8, 4) is 11.1 Å². The van der Waals surface area contributed by atoms with Gasteiger partial charge in [-0.1, -0.05) is 72.8 Å². The lowest BCUT2D eigenvalue weighted by Crippen LogP contribution is -2.48. The predicted octanol–water partition coefficient (Wildman–Crippen LogP) is 3.90. The Morgan fingerprint density at radius 3 is 1.71 bits per heavy atom. The van der Waals surface area contributed by atoms with Crippen LogP contribution in [0, 0.1) is 0 Å². The highest BCUT2D eigenvalue weighted by Gasteiger charge is 2.21. The molecule has 1 fully saturated rings. The van der Waals surface area contributed by atoms with Crippen LogP contribution in [0.5, 0.6) is 0 Å². The van der Waals surface area contributed by atoms with Gasteiger partial charge in [-0.25, -0.2) is 9.59 Å². The smallest absolute Gasteiger partial charge is 0.414 e. The first-order valence-electron chi connectivity index (χ1n) is 11.6. The minimum Gasteiger partial charge on any atom is -0.473 e. The van der Waals surface area contributed by atoms with Crippen LogP contribution in [0.15, 0.2) is 84.9 Å². The van der Waals surface area contributed by atoms with Crippen LogP contribution >= 0.6 is 0 Å². The van der Waals surface area contributed by atoms with E-state index in [0.29, 0.717) is 0 Å². The van der Waals surface area contributed by atoms with Crippen LogP contribution in [0.4, 0.5) is 0 Å². The standard InChI is InChI=1S/C26H28N2O.C2H2O4/c29-26(25-15-13-24(14-16-25)23-11-5-2-6-12-23)28-20-18-27(19-21-28)17-7-10-22-8-3-1-4-9-22;3-1(4)2(5)6/h1-6,8-9,11-16H,7,10,17-21H2;(H,3,4)(H,5,6). The van der Waals surface area contributed by atoms with Gasteiger partial charge in [0.25, 0.3) is 5.91 Å². The molecule has 1 heterocycles. The topological polar surface area (TPSA) is 98.1 Å². The molecule has 0 atom stereocenters. The minimum absolute atomic E-state index is 0.147. The molecular weight excluding hydrogens is 444 g/mol. The fraction of sp³-hybridized carbons (Fsp3) is 0.250. The predicted molar refractivity (Wildman–Crippen MR) is 134 cm³/mol. The SMILES string of the molecule is O=C(O)C(=O)O.O=C(c1ccc(-c2ccccc2)cc1)N1CCN(CCCc2ccccc2)CC1. The maximum Gasteiger partial charge on any atom is 0.414 e. The zero-order valence-electron chi connectivity index (χ0n) is 19.5. The average Bonchev–Trinajstić information content (AvgIpc) is 2.90. The highest BCUT2D eigenvalue weighted by atomic mass is 16.4. The molecule has 0 aliphatic carbocycles. The van der Waals surface area contributed by atoms with Crippen molar-refractivity contribution < 1.29 is 24.6 Å². The molecule has 2 N–H and O–H groups in total. The number of aryl methyl sites for hydroxylation is 1. The number of benzene rings is 3. The van der Waals surface area contributed by atoms with Crippen molar-refractivity contribution in [1.82, 2.24) is 9.80 Å². The van der Waals surface area contributed by atoms with E-state index in [0.717, 1.165) is 50.3 Å². The molecule has 0 unspecified atom stereocenters. The number of piperazine rings is 1. The van der Waals surface area contributed by atoms with Crippen LogP contribution in [0.25, 0.3) is 11.1 Å². The number of nitrogens with zero attached hydrogens (tertiary/aromatic N) is 2. The summed E-state index contributed by atoms with van der Waals surface area (Å²) in [5.74, 6) is -3.50. The summed E-state index contributed by atoms with van der Waals surface area (Å²) < 4.78 is 0. The number of carboxylic acid groups (broad SMARTS) is 2. The van der Waals surface area contributed by atoms with Gasteiger partial charge in [0.1, 0.15) is 0 Å². The van der Waals surface area contributed by atoms with Gasteiger partial charge in [0.15, 0.2) is 0 Å². The summed E-state index contributed by atoms with van der Waals surface area (Å²) in [6.07, 6.45) is 2.28. The highest BCUT2D eigenvalue weighted by molar-refractivity contribution is 6.27. The molecule has 1 aliphatic rings. The van der Waals surface area contributed by atoms with Crippen molar-refractivity contribution in [3.05, 3.63) is 96.1 Å². The maximum absolute atomic E-state index is 12.9. The molecule has 7 nitrogen and oxygen atoms in total. The van der Waals surface area contributed by atoms with E-state index in [1.807, 2.05) is 47.4 Å². The fourth-order valence-corrected chi connectivity index (χ4v) is 3.94. The second kappa shape index (κ2) is 13.1. The van der Waals surface area contributed by atoms with Gasteiger partial charge in [-0.15, -0.1) is 0 Å². The van der Waals surface area contributed by atoms with Gasteiger partial charge in [-0.2, -0.15) is 0 Å². The second-order valence-electron chi connectivity index (χ2n) is 8.28. The molecule has 1 aliphatic heterocycles. The third-order valence-electron chi connectivity index (χ3n) is 5.86. The fourth-order valence-electron chi connectivity index (χ4n) is 3.94. The second-order valence-corrected chi connectivity index (χ2v) is 8.28. The number of carbonyl (C=O) groups excluding carboxylic acids is 1. The van der Waals surface area contributed by atoms with Crippen molar-refractivity contribution in [1.29, 1.82) is 0 Å². The molecule has 3 aromatic rings. The maximum atomic E-state index is 12.9. The van der Waals surface area contributed by atoms with E-state index < -0.39 is 11.9 Å². The van der Waals surface area contributed by atoms with Crippen molar-refractivity contribution in [2.45, 2.75) is 12.8 Å². The first-order chi connectivity index (χ1) is 16.9. The third-order valence-corrected chi connectivity index (χ3v) is 5.86. The Bertz CT molecular complexity index is 1080. The lowest BCUT2D eigenvalue weighted by molar-refractivity contribution is -0.159. The van der Waals surface area contributed by atoms with E-state index in [2.05, 4.69) is 47.4 Å². The molecule has 3 aromatic carbocycles. The minimum atomic E-state index is -1.82. The molecule has 7 heteroatoms. The number of amides is 1. The van der Waals surface area contributed by atoms with E-state index in [1.165, 1.54) is 17.5 Å². The zero-order chi connectivity index (χ0) is 25.0. The van der Waals surface area contributed by atoms with Crippen LogP contribution in [0.1, 0.15) is 22.3 Å². The summed E-state index contributed by atoms with van der Waals surface area (Å²) in [6, 6.07) is 28.9. The van der Waals surface area contributed by atoms with Gasteiger partial charge >= 0.3 is 11.9 Å². The third kappa shape index (κ3) is 8.08. The lowest BCUT2D eigenvalue weighted by Gasteiger charge is -2.34. The number of aliphatic carboxylic acids is 2. The molecule has 182 valence electrons. The Labute approximate surface area is 205 Å². The number of carbonyl (C=O) groups is 3. The molecule has 0 bridgehead atoms. The van der Waals surface area contributed by atoms with E-state index in [1.54, 1.807) is 0 Å². The number of carboxylic acids is 2. The highest BCUT2D eigenvalue weighted by Crippen LogP contribution is 2.20. The molecule has 35 heavy (non-hydrogen) atoms. The summed E-state index contributed by atoms with van der Waals surface area (Å²) in [7, 11) is 0. The quantitative estimate of drug-likeness (QED) is 0.526. The Morgan fingerprint density at radius 1 is 0.657 bits per heavy atom. The summed E-state index contributed by atoms with van der Waals surface area (Å²) in [5, 5.41) is 14.8. The van der Waals surface area contributed by atoms with Crippen molar-refractivity contribution in [2.75, 3.05) is 32.7 Å². The summed E-state index contributed by atoms with van der Waals surface area (Å²) in [4.78, 5) is 35.5. The Kier molecular flexibility index (Phi) is 9.57. The van der Waals surface area contributed by atoms with Gasteiger partial charge in [0.2, 0.25) is 0 Å². The first kappa shape index (κ1) is 25.6. The number of rotatable bonds is 6. The van der Waals surface area contributed by atoms with Gasteiger partial charge in [0, 0.05) is 31.7 Å². The van der Waals surface area contributed by atoms with E-state index in [9.17, 15) is 4.79 Å². The lowest BCUT2D eigenvalue weighted by atomic mass is 10.0. The van der Waals surface area contributed by atoms with Gasteiger partial charge in [0.05, 0.1) is 0 Å². The summed E-state index contributed by atoms with van der Waals surface area (Å²) >= 11 is 0. The zero-order valence-corrected chi connectivity index (χ0v) is 19.5. The van der Waals surface area contributed by atoms with Gasteiger partial charge in [-0.3, -0.25) is 9.69 Å². The van der Waals surface area contributed by atoms with Crippen LogP contribution in [0.2, 0.25) is 0 Å². The van der Waals surface area contributed by atoms with E-state index in [4.69, 9.17) is 19.8 Å². The molecule has 0 spiro atoms. The van der Waals surface area contributed by atoms with E-state index in [-0.39, 0.29) is 5.91 Å². The summed E-state index contributed by atoms with van der Waals surface area (Å²) in [5.41, 5.74) is 4.50. The van der Waals surface area contributed by atoms with Crippen molar-refractivity contribution >= 4 is 17.8 Å². The molecule has 0 saturated carbocycles. The Hall–Kier alpha value is -3.97. The van der Waals surface area contributed by atoms with Crippen LogP contribution in [0.3, 0.4) is 0 Å². The Morgan fingerprint density at radius 2 is 1.17 bits per heavy atom.